The molecule has 3 aromatic rings. The molecule has 1 aromatic carbocycles. The van der Waals surface area contributed by atoms with E-state index in [9.17, 15) is 4.79 Å². The van der Waals surface area contributed by atoms with Crippen LogP contribution in [0.2, 0.25) is 0 Å². The van der Waals surface area contributed by atoms with Crippen molar-refractivity contribution >= 4 is 17.2 Å². The van der Waals surface area contributed by atoms with Crippen LogP contribution in [0.1, 0.15) is 40.3 Å². The highest BCUT2D eigenvalue weighted by Gasteiger charge is 2.23. The van der Waals surface area contributed by atoms with E-state index < -0.39 is 0 Å². The summed E-state index contributed by atoms with van der Waals surface area (Å²) >= 11 is 1.56. The molecule has 0 saturated carbocycles. The second-order valence-corrected chi connectivity index (χ2v) is 6.75. The van der Waals surface area contributed by atoms with Crippen LogP contribution in [-0.4, -0.2) is 33.0 Å². The number of aryl methyl sites for hydroxylation is 2. The Labute approximate surface area is 145 Å². The Balaban J connectivity index is 1.87. The number of aromatic nitrogens is 3. The zero-order chi connectivity index (χ0) is 17.3. The molecule has 1 amide bonds. The van der Waals surface area contributed by atoms with E-state index in [1.54, 1.807) is 22.4 Å². The first-order valence-electron chi connectivity index (χ1n) is 7.77. The summed E-state index contributed by atoms with van der Waals surface area (Å²) in [6.07, 6.45) is 1.77. The average molecular weight is 340 g/mol. The lowest BCUT2D eigenvalue weighted by atomic mass is 10.0. The summed E-state index contributed by atoms with van der Waals surface area (Å²) in [4.78, 5) is 19.0. The van der Waals surface area contributed by atoms with Crippen molar-refractivity contribution in [3.63, 3.8) is 0 Å². The van der Waals surface area contributed by atoms with Gasteiger partial charge in [-0.25, -0.2) is 4.98 Å². The smallest absolute Gasteiger partial charge is 0.254 e. The number of benzene rings is 1. The minimum Gasteiger partial charge on any atom is -0.335 e. The molecular weight excluding hydrogens is 320 g/mol. The third kappa shape index (κ3) is 2.97. The number of hydrogen-bond acceptors (Lipinski definition) is 4. The minimum atomic E-state index is -0.0558. The summed E-state index contributed by atoms with van der Waals surface area (Å²) in [5.41, 5.74) is 4.62. The first-order chi connectivity index (χ1) is 11.5. The van der Waals surface area contributed by atoms with Crippen molar-refractivity contribution < 1.29 is 4.79 Å². The highest BCUT2D eigenvalue weighted by atomic mass is 32.1. The molecule has 5 nitrogen and oxygen atoms in total. The van der Waals surface area contributed by atoms with Gasteiger partial charge in [-0.1, -0.05) is 12.1 Å². The largest absolute Gasteiger partial charge is 0.335 e. The second kappa shape index (κ2) is 6.57. The van der Waals surface area contributed by atoms with Crippen LogP contribution >= 0.6 is 11.3 Å². The van der Waals surface area contributed by atoms with Crippen LogP contribution in [0, 0.1) is 13.8 Å². The molecule has 0 bridgehead atoms. The van der Waals surface area contributed by atoms with Crippen LogP contribution in [0.15, 0.2) is 35.8 Å². The van der Waals surface area contributed by atoms with E-state index in [1.165, 1.54) is 0 Å². The molecule has 0 aliphatic rings. The standard InChI is InChI=1S/C18H20N4OS/c1-11-16(12(2)21-20-11)13(3)22(4)18(23)15-7-5-6-14(10-15)17-19-8-9-24-17/h5-10,13H,1-4H3,(H,20,21). The highest BCUT2D eigenvalue weighted by Crippen LogP contribution is 2.27. The monoisotopic (exact) mass is 340 g/mol. The number of carbonyl (C=O) groups is 1. The fraction of sp³-hybridized carbons (Fsp3) is 0.278. The Morgan fingerprint density at radius 3 is 2.75 bits per heavy atom. The van der Waals surface area contributed by atoms with Gasteiger partial charge in [-0.3, -0.25) is 9.89 Å². The number of nitrogens with zero attached hydrogens (tertiary/aromatic N) is 3. The molecule has 2 heterocycles. The van der Waals surface area contributed by atoms with E-state index in [2.05, 4.69) is 15.2 Å². The van der Waals surface area contributed by atoms with Gasteiger partial charge < -0.3 is 4.90 Å². The number of hydrogen-bond donors (Lipinski definition) is 1. The van der Waals surface area contributed by atoms with Gasteiger partial charge >= 0.3 is 0 Å². The van der Waals surface area contributed by atoms with E-state index in [1.807, 2.05) is 57.5 Å². The van der Waals surface area contributed by atoms with Crippen LogP contribution in [0.3, 0.4) is 0 Å². The number of rotatable bonds is 4. The predicted octanol–water partition coefficient (Wildman–Crippen LogP) is 3.98. The maximum Gasteiger partial charge on any atom is 0.254 e. The lowest BCUT2D eigenvalue weighted by molar-refractivity contribution is 0.0742. The Kier molecular flexibility index (Phi) is 4.49. The van der Waals surface area contributed by atoms with Gasteiger partial charge in [-0.15, -0.1) is 11.3 Å². The van der Waals surface area contributed by atoms with E-state index in [-0.39, 0.29) is 11.9 Å². The van der Waals surface area contributed by atoms with Gasteiger partial charge in [0.25, 0.3) is 5.91 Å². The zero-order valence-electron chi connectivity index (χ0n) is 14.2. The number of thiazole rings is 1. The molecule has 0 fully saturated rings. The van der Waals surface area contributed by atoms with Crippen molar-refractivity contribution in [1.29, 1.82) is 0 Å². The van der Waals surface area contributed by atoms with Crippen molar-refractivity contribution in [3.05, 3.63) is 58.4 Å². The van der Waals surface area contributed by atoms with Crippen molar-refractivity contribution in [2.75, 3.05) is 7.05 Å². The van der Waals surface area contributed by atoms with Gasteiger partial charge in [0.2, 0.25) is 0 Å². The number of nitrogens with one attached hydrogen (secondary N) is 1. The summed E-state index contributed by atoms with van der Waals surface area (Å²) in [7, 11) is 1.83. The predicted molar refractivity (Wildman–Crippen MR) is 96.1 cm³/mol. The molecule has 1 atom stereocenters. The van der Waals surface area contributed by atoms with Crippen LogP contribution in [0.25, 0.3) is 10.6 Å². The molecule has 1 unspecified atom stereocenters. The topological polar surface area (TPSA) is 61.9 Å². The fourth-order valence-electron chi connectivity index (χ4n) is 2.90. The Morgan fingerprint density at radius 1 is 1.33 bits per heavy atom. The number of amides is 1. The van der Waals surface area contributed by atoms with Gasteiger partial charge in [0.15, 0.2) is 0 Å². The quantitative estimate of drug-likeness (QED) is 0.781. The van der Waals surface area contributed by atoms with E-state index in [4.69, 9.17) is 0 Å². The van der Waals surface area contributed by atoms with Crippen molar-refractivity contribution in [2.24, 2.45) is 0 Å². The van der Waals surface area contributed by atoms with Gasteiger partial charge in [0, 0.05) is 41.0 Å². The van der Waals surface area contributed by atoms with E-state index in [0.717, 1.165) is 27.5 Å². The zero-order valence-corrected chi connectivity index (χ0v) is 15.0. The molecule has 6 heteroatoms. The molecule has 1 N–H and O–H groups in total. The third-order valence-corrected chi connectivity index (χ3v) is 5.12. The number of H-pyrrole nitrogens is 1. The lowest BCUT2D eigenvalue weighted by Gasteiger charge is -2.25. The normalized spacial score (nSPS) is 12.2. The SMILES string of the molecule is Cc1n[nH]c(C)c1C(C)N(C)C(=O)c1cccc(-c2nccs2)c1. The summed E-state index contributed by atoms with van der Waals surface area (Å²) in [6, 6.07) is 7.57. The highest BCUT2D eigenvalue weighted by molar-refractivity contribution is 7.13. The molecular formula is C18H20N4OS. The first kappa shape index (κ1) is 16.4. The van der Waals surface area contributed by atoms with Crippen LogP contribution in [0.5, 0.6) is 0 Å². The van der Waals surface area contributed by atoms with Crippen molar-refractivity contribution in [3.8, 4) is 10.6 Å². The molecule has 124 valence electrons. The van der Waals surface area contributed by atoms with Gasteiger partial charge in [0.1, 0.15) is 5.01 Å². The Morgan fingerprint density at radius 2 is 2.12 bits per heavy atom. The number of aromatic amines is 1. The van der Waals surface area contributed by atoms with Gasteiger partial charge in [0.05, 0.1) is 11.7 Å². The second-order valence-electron chi connectivity index (χ2n) is 5.86. The van der Waals surface area contributed by atoms with E-state index in [0.29, 0.717) is 5.56 Å². The van der Waals surface area contributed by atoms with Gasteiger partial charge in [-0.05, 0) is 32.9 Å². The average Bonchev–Trinajstić information content (AvgIpc) is 3.23. The van der Waals surface area contributed by atoms with Gasteiger partial charge in [-0.2, -0.15) is 5.10 Å². The van der Waals surface area contributed by atoms with Crippen LogP contribution in [0.4, 0.5) is 0 Å². The summed E-state index contributed by atoms with van der Waals surface area (Å²) in [6.45, 7) is 5.96. The molecule has 0 aliphatic carbocycles. The summed E-state index contributed by atoms with van der Waals surface area (Å²) < 4.78 is 0. The molecule has 3 rings (SSSR count). The maximum absolute atomic E-state index is 12.9. The molecule has 0 aliphatic heterocycles. The fourth-order valence-corrected chi connectivity index (χ4v) is 3.53. The third-order valence-electron chi connectivity index (χ3n) is 4.29. The molecule has 2 aromatic heterocycles. The molecule has 0 radical (unpaired) electrons. The first-order valence-corrected chi connectivity index (χ1v) is 8.65. The minimum absolute atomic E-state index is 0.0130. The number of carbonyl (C=O) groups excluding carboxylic acids is 1. The molecule has 0 spiro atoms. The maximum atomic E-state index is 12.9. The summed E-state index contributed by atoms with van der Waals surface area (Å²) in [5, 5.41) is 10.1. The van der Waals surface area contributed by atoms with Crippen molar-refractivity contribution in [1.82, 2.24) is 20.1 Å². The Hall–Kier alpha value is -2.47. The molecule has 0 saturated heterocycles. The molecule has 24 heavy (non-hydrogen) atoms. The lowest BCUT2D eigenvalue weighted by Crippen LogP contribution is -2.30. The van der Waals surface area contributed by atoms with E-state index >= 15 is 0 Å². The summed E-state index contributed by atoms with van der Waals surface area (Å²) in [5.74, 6) is -0.0130. The van der Waals surface area contributed by atoms with Crippen LogP contribution < -0.4 is 0 Å². The Bertz CT molecular complexity index is 834. The van der Waals surface area contributed by atoms with Crippen molar-refractivity contribution in [2.45, 2.75) is 26.8 Å². The van der Waals surface area contributed by atoms with Crippen LogP contribution in [-0.2, 0) is 0 Å².